The lowest BCUT2D eigenvalue weighted by Crippen LogP contribution is -2.24. The number of rotatable bonds is 7. The fourth-order valence-corrected chi connectivity index (χ4v) is 1.42. The molecule has 0 spiro atoms. The summed E-state index contributed by atoms with van der Waals surface area (Å²) in [6.07, 6.45) is 1.80. The van der Waals surface area contributed by atoms with Crippen LogP contribution >= 0.6 is 0 Å². The summed E-state index contributed by atoms with van der Waals surface area (Å²) in [6.45, 7) is 0.156. The number of amides is 1. The van der Waals surface area contributed by atoms with Gasteiger partial charge in [0.25, 0.3) is 5.91 Å². The van der Waals surface area contributed by atoms with Crippen molar-refractivity contribution in [2.45, 2.75) is 19.3 Å². The molecule has 1 amide bonds. The van der Waals surface area contributed by atoms with Gasteiger partial charge in [-0.3, -0.25) is 9.59 Å². The van der Waals surface area contributed by atoms with Crippen molar-refractivity contribution in [3.63, 3.8) is 0 Å². The first-order valence-corrected chi connectivity index (χ1v) is 5.70. The number of ketones is 1. The fraction of sp³-hybridized carbons (Fsp3) is 0.385. The summed E-state index contributed by atoms with van der Waals surface area (Å²) in [6, 6.07) is 9.00. The predicted molar refractivity (Wildman–Crippen MR) is 64.7 cm³/mol. The molecule has 4 heteroatoms. The molecule has 0 aliphatic heterocycles. The maximum Gasteiger partial charge on any atom is 0.251 e. The molecule has 2 N–H and O–H groups in total. The fourth-order valence-electron chi connectivity index (χ4n) is 1.42. The Labute approximate surface area is 101 Å². The van der Waals surface area contributed by atoms with Crippen molar-refractivity contribution < 1.29 is 14.7 Å². The first-order valence-electron chi connectivity index (χ1n) is 5.70. The molecule has 0 saturated heterocycles. The Kier molecular flexibility index (Phi) is 5.96. The number of nitrogens with one attached hydrogen (secondary N) is 1. The molecule has 92 valence electrons. The number of carbonyl (C=O) groups excluding carboxylic acids is 2. The monoisotopic (exact) mass is 235 g/mol. The largest absolute Gasteiger partial charge is 0.389 e. The van der Waals surface area contributed by atoms with Crippen molar-refractivity contribution >= 4 is 11.7 Å². The molecule has 0 atom stereocenters. The van der Waals surface area contributed by atoms with Gasteiger partial charge in [0.15, 0.2) is 5.78 Å². The smallest absolute Gasteiger partial charge is 0.251 e. The van der Waals surface area contributed by atoms with E-state index in [2.05, 4.69) is 5.32 Å². The van der Waals surface area contributed by atoms with E-state index in [1.165, 1.54) is 0 Å². The van der Waals surface area contributed by atoms with Crippen molar-refractivity contribution in [1.82, 2.24) is 5.32 Å². The molecule has 0 unspecified atom stereocenters. The molecule has 0 aromatic heterocycles. The van der Waals surface area contributed by atoms with E-state index in [1.54, 1.807) is 12.1 Å². The first-order chi connectivity index (χ1) is 8.24. The quantitative estimate of drug-likeness (QED) is 0.697. The van der Waals surface area contributed by atoms with Crippen LogP contribution in [-0.2, 0) is 4.79 Å². The van der Waals surface area contributed by atoms with Gasteiger partial charge in [0.05, 0.1) is 0 Å². The number of unbranched alkanes of at least 4 members (excludes halogenated alkanes) is 1. The highest BCUT2D eigenvalue weighted by atomic mass is 16.3. The van der Waals surface area contributed by atoms with Gasteiger partial charge in [0.2, 0.25) is 0 Å². The Bertz CT molecular complexity index is 362. The molecule has 0 aliphatic carbocycles. The number of hydrogen-bond acceptors (Lipinski definition) is 3. The maximum atomic E-state index is 11.6. The summed E-state index contributed by atoms with van der Waals surface area (Å²) in [5.41, 5.74) is 0.638. The molecule has 1 rings (SSSR count). The minimum atomic E-state index is -0.392. The van der Waals surface area contributed by atoms with Gasteiger partial charge in [-0.2, -0.15) is 0 Å². The Hall–Kier alpha value is -1.68. The van der Waals surface area contributed by atoms with Gasteiger partial charge in [-0.05, 0) is 25.0 Å². The van der Waals surface area contributed by atoms with Crippen LogP contribution in [0.3, 0.4) is 0 Å². The van der Waals surface area contributed by atoms with Gasteiger partial charge in [0, 0.05) is 18.5 Å². The third-order valence-electron chi connectivity index (χ3n) is 2.38. The molecule has 1 aromatic carbocycles. The minimum absolute atomic E-state index is 0.0981. The van der Waals surface area contributed by atoms with Crippen LogP contribution in [-0.4, -0.2) is 29.9 Å². The van der Waals surface area contributed by atoms with E-state index in [-0.39, 0.29) is 11.7 Å². The van der Waals surface area contributed by atoms with Crippen LogP contribution in [0.4, 0.5) is 0 Å². The zero-order valence-electron chi connectivity index (χ0n) is 9.69. The van der Waals surface area contributed by atoms with Crippen molar-refractivity contribution in [3.05, 3.63) is 35.9 Å². The van der Waals surface area contributed by atoms with Gasteiger partial charge in [-0.1, -0.05) is 18.2 Å². The number of benzene rings is 1. The topological polar surface area (TPSA) is 66.4 Å². The first kappa shape index (κ1) is 13.4. The van der Waals surface area contributed by atoms with Crippen LogP contribution in [0.2, 0.25) is 0 Å². The van der Waals surface area contributed by atoms with E-state index in [0.29, 0.717) is 24.9 Å². The van der Waals surface area contributed by atoms with E-state index < -0.39 is 6.61 Å². The molecular weight excluding hydrogens is 218 g/mol. The lowest BCUT2D eigenvalue weighted by molar-refractivity contribution is -0.121. The molecule has 0 saturated carbocycles. The van der Waals surface area contributed by atoms with Crippen LogP contribution in [0, 0.1) is 0 Å². The van der Waals surface area contributed by atoms with Crippen LogP contribution in [0.15, 0.2) is 30.3 Å². The molecular formula is C13H17NO3. The number of carbonyl (C=O) groups is 2. The van der Waals surface area contributed by atoms with Crippen LogP contribution in [0.5, 0.6) is 0 Å². The second-order valence-corrected chi connectivity index (χ2v) is 3.78. The zero-order chi connectivity index (χ0) is 12.5. The summed E-state index contributed by atoms with van der Waals surface area (Å²) in [7, 11) is 0. The van der Waals surface area contributed by atoms with Crippen molar-refractivity contribution in [3.8, 4) is 0 Å². The highest BCUT2D eigenvalue weighted by Gasteiger charge is 2.03. The second kappa shape index (κ2) is 7.57. The van der Waals surface area contributed by atoms with Gasteiger partial charge in [0.1, 0.15) is 6.61 Å². The van der Waals surface area contributed by atoms with Gasteiger partial charge < -0.3 is 10.4 Å². The van der Waals surface area contributed by atoms with Gasteiger partial charge in [-0.25, -0.2) is 0 Å². The summed E-state index contributed by atoms with van der Waals surface area (Å²) in [5.74, 6) is -0.251. The zero-order valence-corrected chi connectivity index (χ0v) is 9.69. The normalized spacial score (nSPS) is 9.94. The average molecular weight is 235 g/mol. The van der Waals surface area contributed by atoms with Crippen LogP contribution in [0.1, 0.15) is 29.6 Å². The molecule has 0 bridgehead atoms. The summed E-state index contributed by atoms with van der Waals surface area (Å²) < 4.78 is 0. The SMILES string of the molecule is O=C(CO)CCCCNC(=O)c1ccccc1. The molecule has 0 heterocycles. The van der Waals surface area contributed by atoms with E-state index in [1.807, 2.05) is 18.2 Å². The molecule has 17 heavy (non-hydrogen) atoms. The Morgan fingerprint density at radius 3 is 2.47 bits per heavy atom. The standard InChI is InChI=1S/C13H17NO3/c15-10-12(16)8-4-5-9-14-13(17)11-6-2-1-3-7-11/h1-3,6-7,15H,4-5,8-10H2,(H,14,17). The van der Waals surface area contributed by atoms with Crippen molar-refractivity contribution in [1.29, 1.82) is 0 Å². The third kappa shape index (κ3) is 5.26. The Morgan fingerprint density at radius 1 is 1.12 bits per heavy atom. The second-order valence-electron chi connectivity index (χ2n) is 3.78. The van der Waals surface area contributed by atoms with Gasteiger partial charge >= 0.3 is 0 Å². The summed E-state index contributed by atoms with van der Waals surface area (Å²) >= 11 is 0. The van der Waals surface area contributed by atoms with Crippen molar-refractivity contribution in [2.75, 3.05) is 13.2 Å². The van der Waals surface area contributed by atoms with E-state index in [9.17, 15) is 9.59 Å². The van der Waals surface area contributed by atoms with E-state index in [4.69, 9.17) is 5.11 Å². The van der Waals surface area contributed by atoms with E-state index >= 15 is 0 Å². The molecule has 0 radical (unpaired) electrons. The number of aliphatic hydroxyl groups is 1. The average Bonchev–Trinajstić information content (AvgIpc) is 2.38. The molecule has 4 nitrogen and oxygen atoms in total. The molecule has 1 aromatic rings. The van der Waals surface area contributed by atoms with Crippen molar-refractivity contribution in [2.24, 2.45) is 0 Å². The Balaban J connectivity index is 2.15. The summed E-state index contributed by atoms with van der Waals surface area (Å²) in [5, 5.41) is 11.3. The lowest BCUT2D eigenvalue weighted by Gasteiger charge is -2.04. The maximum absolute atomic E-state index is 11.6. The van der Waals surface area contributed by atoms with Gasteiger partial charge in [-0.15, -0.1) is 0 Å². The lowest BCUT2D eigenvalue weighted by atomic mass is 10.1. The third-order valence-corrected chi connectivity index (χ3v) is 2.38. The number of Topliss-reactive ketones (excluding diaryl/α,β-unsaturated/α-hetero) is 1. The highest BCUT2D eigenvalue weighted by Crippen LogP contribution is 1.99. The predicted octanol–water partition coefficient (Wildman–Crippen LogP) is 1.15. The van der Waals surface area contributed by atoms with Crippen LogP contribution < -0.4 is 5.32 Å². The van der Waals surface area contributed by atoms with E-state index in [0.717, 1.165) is 6.42 Å². The highest BCUT2D eigenvalue weighted by molar-refractivity contribution is 5.94. The number of aliphatic hydroxyl groups excluding tert-OH is 1. The number of hydrogen-bond donors (Lipinski definition) is 2. The minimum Gasteiger partial charge on any atom is -0.389 e. The molecule has 0 aliphatic rings. The van der Waals surface area contributed by atoms with Crippen LogP contribution in [0.25, 0.3) is 0 Å². The summed E-state index contributed by atoms with van der Waals surface area (Å²) in [4.78, 5) is 22.4. The molecule has 0 fully saturated rings. The Morgan fingerprint density at radius 2 is 1.82 bits per heavy atom.